The zero-order valence-corrected chi connectivity index (χ0v) is 13.7. The topological polar surface area (TPSA) is 94.3 Å². The minimum absolute atomic E-state index is 0.123. The lowest BCUT2D eigenvalue weighted by atomic mass is 9.82. The van der Waals surface area contributed by atoms with Crippen molar-refractivity contribution >= 4 is 32.2 Å². The molecule has 0 radical (unpaired) electrons. The normalized spacial score (nSPS) is 22.1. The number of nitrogens with zero attached hydrogens (tertiary/aromatic N) is 1. The molecular formula is C13H21N3O3S2. The lowest BCUT2D eigenvalue weighted by Crippen LogP contribution is -2.33. The number of nitrogens with one attached hydrogen (secondary N) is 1. The Kier molecular flexibility index (Phi) is 3.87. The molecule has 0 bridgehead atoms. The molecule has 118 valence electrons. The van der Waals surface area contributed by atoms with Crippen LogP contribution in [0.25, 0.3) is 0 Å². The van der Waals surface area contributed by atoms with Crippen molar-refractivity contribution in [3.05, 3.63) is 0 Å². The van der Waals surface area contributed by atoms with E-state index in [4.69, 9.17) is 10.5 Å². The molecule has 0 spiro atoms. The molecule has 0 aromatic carbocycles. The molecule has 2 aliphatic rings. The van der Waals surface area contributed by atoms with Gasteiger partial charge in [-0.2, -0.15) is 4.37 Å². The number of ether oxygens (including phenoxy) is 1. The van der Waals surface area contributed by atoms with Crippen molar-refractivity contribution in [2.45, 2.75) is 42.8 Å². The number of aromatic nitrogens is 1. The van der Waals surface area contributed by atoms with Gasteiger partial charge in [-0.1, -0.05) is 6.92 Å². The summed E-state index contributed by atoms with van der Waals surface area (Å²) < 4.78 is 34.3. The van der Waals surface area contributed by atoms with Gasteiger partial charge in [-0.15, -0.1) is 0 Å². The van der Waals surface area contributed by atoms with Crippen LogP contribution in [0.4, 0.5) is 10.8 Å². The zero-order valence-electron chi connectivity index (χ0n) is 12.1. The Bertz CT molecular complexity index is 617. The average Bonchev–Trinajstić information content (AvgIpc) is 3.22. The van der Waals surface area contributed by atoms with Gasteiger partial charge in [-0.05, 0) is 42.6 Å². The van der Waals surface area contributed by atoms with Crippen LogP contribution in [-0.2, 0) is 14.6 Å². The molecule has 1 aromatic rings. The largest absolute Gasteiger partial charge is 0.382 e. The predicted octanol–water partition coefficient (Wildman–Crippen LogP) is 1.89. The fourth-order valence-electron chi connectivity index (χ4n) is 2.56. The molecule has 3 N–H and O–H groups in total. The van der Waals surface area contributed by atoms with E-state index in [2.05, 4.69) is 16.6 Å². The van der Waals surface area contributed by atoms with Gasteiger partial charge >= 0.3 is 0 Å². The fourth-order valence-corrected chi connectivity index (χ4v) is 5.44. The quantitative estimate of drug-likeness (QED) is 0.855. The van der Waals surface area contributed by atoms with Crippen LogP contribution in [0.1, 0.15) is 32.6 Å². The van der Waals surface area contributed by atoms with E-state index in [1.165, 1.54) is 0 Å². The summed E-state index contributed by atoms with van der Waals surface area (Å²) in [5.74, 6) is 0.131. The first-order valence-corrected chi connectivity index (χ1v) is 9.55. The highest BCUT2D eigenvalue weighted by Crippen LogP contribution is 2.41. The second-order valence-electron chi connectivity index (χ2n) is 6.25. The zero-order chi connectivity index (χ0) is 15.1. The van der Waals surface area contributed by atoms with Crippen LogP contribution in [-0.4, -0.2) is 37.8 Å². The average molecular weight is 331 g/mol. The van der Waals surface area contributed by atoms with Crippen molar-refractivity contribution in [3.8, 4) is 0 Å². The summed E-state index contributed by atoms with van der Waals surface area (Å²) in [6, 6.07) is 0. The maximum Gasteiger partial charge on any atom is 0.187 e. The lowest BCUT2D eigenvalue weighted by molar-refractivity contribution is 0.0300. The van der Waals surface area contributed by atoms with E-state index in [1.807, 2.05) is 0 Å². The third kappa shape index (κ3) is 3.02. The Hall–Kier alpha value is -0.860. The van der Waals surface area contributed by atoms with E-state index in [1.54, 1.807) is 0 Å². The number of nitrogens with two attached hydrogens (primary N) is 1. The third-order valence-electron chi connectivity index (χ3n) is 4.30. The van der Waals surface area contributed by atoms with E-state index < -0.39 is 9.84 Å². The van der Waals surface area contributed by atoms with Gasteiger partial charge in [0, 0.05) is 19.8 Å². The third-order valence-corrected chi connectivity index (χ3v) is 7.58. The summed E-state index contributed by atoms with van der Waals surface area (Å²) in [5, 5.41) is 3.60. The highest BCUT2D eigenvalue weighted by Gasteiger charge is 2.41. The fraction of sp³-hybridized carbons (Fsp3) is 0.769. The number of hydrogen-bond acceptors (Lipinski definition) is 7. The van der Waals surface area contributed by atoms with Crippen LogP contribution in [0.5, 0.6) is 0 Å². The maximum absolute atomic E-state index is 12.5. The molecule has 1 aromatic heterocycles. The van der Waals surface area contributed by atoms with Crippen LogP contribution >= 0.6 is 11.5 Å². The number of hydrogen-bond donors (Lipinski definition) is 2. The Morgan fingerprint density at radius 1 is 1.43 bits per heavy atom. The summed E-state index contributed by atoms with van der Waals surface area (Å²) in [4.78, 5) is 0.214. The molecule has 1 saturated heterocycles. The highest BCUT2D eigenvalue weighted by molar-refractivity contribution is 7.92. The first kappa shape index (κ1) is 15.1. The first-order chi connectivity index (χ1) is 9.92. The van der Waals surface area contributed by atoms with E-state index in [9.17, 15) is 8.42 Å². The van der Waals surface area contributed by atoms with Crippen molar-refractivity contribution in [1.29, 1.82) is 0 Å². The van der Waals surface area contributed by atoms with E-state index in [0.29, 0.717) is 11.5 Å². The summed E-state index contributed by atoms with van der Waals surface area (Å²) in [6.07, 6.45) is 3.40. The SMILES string of the molecule is CC1(CNc2snc(N)c2S(=O)(=O)C2CC2)CCOCC1. The van der Waals surface area contributed by atoms with Crippen LogP contribution < -0.4 is 11.1 Å². The number of rotatable bonds is 5. The van der Waals surface area contributed by atoms with Gasteiger partial charge < -0.3 is 15.8 Å². The summed E-state index contributed by atoms with van der Waals surface area (Å²) >= 11 is 1.14. The second kappa shape index (κ2) is 5.40. The van der Waals surface area contributed by atoms with Crippen molar-refractivity contribution in [2.24, 2.45) is 5.41 Å². The minimum atomic E-state index is -3.32. The Morgan fingerprint density at radius 3 is 2.71 bits per heavy atom. The number of anilines is 2. The molecule has 8 heteroatoms. The highest BCUT2D eigenvalue weighted by atomic mass is 32.2. The van der Waals surface area contributed by atoms with Crippen LogP contribution in [0.15, 0.2) is 4.90 Å². The van der Waals surface area contributed by atoms with Gasteiger partial charge in [0.25, 0.3) is 0 Å². The van der Waals surface area contributed by atoms with E-state index in [-0.39, 0.29) is 21.4 Å². The summed E-state index contributed by atoms with van der Waals surface area (Å²) in [7, 11) is -3.32. The van der Waals surface area contributed by atoms with Gasteiger partial charge in [0.1, 0.15) is 9.90 Å². The van der Waals surface area contributed by atoms with E-state index in [0.717, 1.165) is 50.4 Å². The molecule has 2 heterocycles. The number of nitrogen functional groups attached to an aromatic ring is 1. The predicted molar refractivity (Wildman–Crippen MR) is 83.4 cm³/mol. The van der Waals surface area contributed by atoms with Gasteiger partial charge in [0.2, 0.25) is 0 Å². The maximum atomic E-state index is 12.5. The second-order valence-corrected chi connectivity index (χ2v) is 9.19. The molecule has 1 aliphatic carbocycles. The molecule has 1 saturated carbocycles. The molecule has 2 fully saturated rings. The van der Waals surface area contributed by atoms with Gasteiger partial charge in [0.15, 0.2) is 15.7 Å². The minimum Gasteiger partial charge on any atom is -0.382 e. The Morgan fingerprint density at radius 2 is 2.10 bits per heavy atom. The van der Waals surface area contributed by atoms with Crippen LogP contribution in [0.2, 0.25) is 0 Å². The van der Waals surface area contributed by atoms with Crippen molar-refractivity contribution in [2.75, 3.05) is 30.8 Å². The van der Waals surface area contributed by atoms with Gasteiger partial charge in [-0.3, -0.25) is 0 Å². The number of sulfone groups is 1. The Labute approximate surface area is 129 Å². The molecule has 3 rings (SSSR count). The Balaban J connectivity index is 1.77. The summed E-state index contributed by atoms with van der Waals surface area (Å²) in [5.41, 5.74) is 5.92. The molecule has 0 amide bonds. The van der Waals surface area contributed by atoms with Crippen molar-refractivity contribution < 1.29 is 13.2 Å². The molecule has 21 heavy (non-hydrogen) atoms. The monoisotopic (exact) mass is 331 g/mol. The van der Waals surface area contributed by atoms with Crippen LogP contribution in [0.3, 0.4) is 0 Å². The molecule has 6 nitrogen and oxygen atoms in total. The van der Waals surface area contributed by atoms with Crippen molar-refractivity contribution in [1.82, 2.24) is 4.37 Å². The van der Waals surface area contributed by atoms with Gasteiger partial charge in [-0.25, -0.2) is 8.42 Å². The first-order valence-electron chi connectivity index (χ1n) is 7.23. The standard InChI is InChI=1S/C13H21N3O3S2/c1-13(4-6-19-7-5-13)8-15-12-10(11(14)16-20-12)21(17,18)9-2-3-9/h9,15H,2-8H2,1H3,(H2,14,16). The molecule has 1 aliphatic heterocycles. The molecule has 0 unspecified atom stereocenters. The summed E-state index contributed by atoms with van der Waals surface area (Å²) in [6.45, 7) is 4.43. The lowest BCUT2D eigenvalue weighted by Gasteiger charge is -2.33. The van der Waals surface area contributed by atoms with Crippen molar-refractivity contribution in [3.63, 3.8) is 0 Å². The smallest absolute Gasteiger partial charge is 0.187 e. The van der Waals surface area contributed by atoms with Crippen LogP contribution in [0, 0.1) is 5.41 Å². The molecular weight excluding hydrogens is 310 g/mol. The molecule has 0 atom stereocenters. The van der Waals surface area contributed by atoms with Gasteiger partial charge in [0.05, 0.1) is 5.25 Å². The van der Waals surface area contributed by atoms with E-state index >= 15 is 0 Å².